The van der Waals surface area contributed by atoms with Crippen LogP contribution < -0.4 is 5.48 Å². The summed E-state index contributed by atoms with van der Waals surface area (Å²) in [5.74, 6) is 0.905. The van der Waals surface area contributed by atoms with Gasteiger partial charge in [0.2, 0.25) is 5.91 Å². The van der Waals surface area contributed by atoms with E-state index in [2.05, 4.69) is 31.5 Å². The highest BCUT2D eigenvalue weighted by atomic mass is 16.7. The van der Waals surface area contributed by atoms with Gasteiger partial charge in [0.1, 0.15) is 0 Å². The molecule has 0 aliphatic heterocycles. The van der Waals surface area contributed by atoms with Crippen LogP contribution in [-0.4, -0.2) is 12.5 Å². The molecule has 0 bridgehead atoms. The van der Waals surface area contributed by atoms with Crippen molar-refractivity contribution in [1.82, 2.24) is 5.48 Å². The molecule has 0 saturated heterocycles. The van der Waals surface area contributed by atoms with E-state index in [-0.39, 0.29) is 11.8 Å². The Labute approximate surface area is 102 Å². The quantitative estimate of drug-likeness (QED) is 0.793. The molecule has 17 heavy (non-hydrogen) atoms. The number of carbonyl (C=O) groups is 1. The van der Waals surface area contributed by atoms with Crippen molar-refractivity contribution in [3.8, 4) is 0 Å². The third-order valence-electron chi connectivity index (χ3n) is 2.94. The highest BCUT2D eigenvalue weighted by Crippen LogP contribution is 2.47. The predicted molar refractivity (Wildman–Crippen MR) is 66.2 cm³/mol. The minimum Gasteiger partial charge on any atom is -0.273 e. The Hall–Kier alpha value is -1.35. The lowest BCUT2D eigenvalue weighted by molar-refractivity contribution is -0.135. The Balaban J connectivity index is 1.77. The second-order valence-corrected chi connectivity index (χ2v) is 5.03. The molecule has 2 unspecified atom stereocenters. The molecule has 2 atom stereocenters. The summed E-state index contributed by atoms with van der Waals surface area (Å²) in [7, 11) is 0. The lowest BCUT2D eigenvalue weighted by Crippen LogP contribution is -2.27. The van der Waals surface area contributed by atoms with Crippen molar-refractivity contribution in [2.75, 3.05) is 6.61 Å². The molecule has 3 nitrogen and oxygen atoms in total. The first-order chi connectivity index (χ1) is 8.18. The summed E-state index contributed by atoms with van der Waals surface area (Å²) in [6, 6.07) is 10.2. The van der Waals surface area contributed by atoms with E-state index in [1.807, 2.05) is 18.2 Å². The fraction of sp³-hybridized carbons (Fsp3) is 0.500. The molecule has 0 heterocycles. The first-order valence-electron chi connectivity index (χ1n) is 6.15. The molecule has 92 valence electrons. The van der Waals surface area contributed by atoms with Gasteiger partial charge in [0.25, 0.3) is 0 Å². The van der Waals surface area contributed by atoms with E-state index < -0.39 is 0 Å². The van der Waals surface area contributed by atoms with Gasteiger partial charge in [-0.3, -0.25) is 9.63 Å². The Morgan fingerprint density at radius 2 is 2.12 bits per heavy atom. The smallest absolute Gasteiger partial charge is 0.247 e. The van der Waals surface area contributed by atoms with Crippen molar-refractivity contribution in [2.24, 2.45) is 11.8 Å². The molecule has 1 fully saturated rings. The molecule has 1 amide bonds. The van der Waals surface area contributed by atoms with E-state index in [1.54, 1.807) is 0 Å². The van der Waals surface area contributed by atoms with Gasteiger partial charge in [-0.25, -0.2) is 5.48 Å². The second-order valence-electron chi connectivity index (χ2n) is 5.03. The third kappa shape index (κ3) is 3.30. The van der Waals surface area contributed by atoms with Gasteiger partial charge in [0.15, 0.2) is 0 Å². The number of hydrogen-bond acceptors (Lipinski definition) is 2. The largest absolute Gasteiger partial charge is 0.273 e. The number of rotatable bonds is 5. The van der Waals surface area contributed by atoms with Crippen molar-refractivity contribution >= 4 is 5.91 Å². The molecule has 2 rings (SSSR count). The first-order valence-corrected chi connectivity index (χ1v) is 6.15. The molecular formula is C14H19NO2. The minimum absolute atomic E-state index is 0.0134. The van der Waals surface area contributed by atoms with Crippen LogP contribution in [-0.2, 0) is 9.63 Å². The van der Waals surface area contributed by atoms with Crippen LogP contribution >= 0.6 is 0 Å². The number of hydrogen-bond donors (Lipinski definition) is 1. The van der Waals surface area contributed by atoms with Crippen molar-refractivity contribution in [3.63, 3.8) is 0 Å². The maximum absolute atomic E-state index is 11.7. The monoisotopic (exact) mass is 233 g/mol. The molecule has 0 aromatic heterocycles. The van der Waals surface area contributed by atoms with E-state index in [0.29, 0.717) is 18.4 Å². The number of nitrogens with one attached hydrogen (secondary N) is 1. The van der Waals surface area contributed by atoms with Gasteiger partial charge in [-0.1, -0.05) is 44.2 Å². The second kappa shape index (κ2) is 5.32. The van der Waals surface area contributed by atoms with Crippen LogP contribution in [0.3, 0.4) is 0 Å². The van der Waals surface area contributed by atoms with Crippen LogP contribution in [0.25, 0.3) is 0 Å². The number of benzene rings is 1. The molecule has 1 saturated carbocycles. The molecule has 1 N–H and O–H groups in total. The van der Waals surface area contributed by atoms with Crippen LogP contribution in [0.2, 0.25) is 0 Å². The van der Waals surface area contributed by atoms with Gasteiger partial charge in [-0.05, 0) is 23.8 Å². The molecular weight excluding hydrogens is 214 g/mol. The highest BCUT2D eigenvalue weighted by molar-refractivity contribution is 5.81. The average molecular weight is 233 g/mol. The zero-order chi connectivity index (χ0) is 12.3. The average Bonchev–Trinajstić information content (AvgIpc) is 3.09. The van der Waals surface area contributed by atoms with E-state index >= 15 is 0 Å². The van der Waals surface area contributed by atoms with Crippen LogP contribution in [0.4, 0.5) is 0 Å². The standard InChI is InChI=1S/C14H19NO2/c1-10(2)9-17-15-14(16)13-8-12(13)11-6-4-3-5-7-11/h3-7,10,12-13H,8-9H2,1-2H3,(H,15,16). The topological polar surface area (TPSA) is 38.3 Å². The maximum Gasteiger partial charge on any atom is 0.247 e. The summed E-state index contributed by atoms with van der Waals surface area (Å²) in [6.07, 6.45) is 0.931. The molecule has 1 aromatic rings. The summed E-state index contributed by atoms with van der Waals surface area (Å²) in [4.78, 5) is 16.9. The van der Waals surface area contributed by atoms with Crippen LogP contribution in [0, 0.1) is 11.8 Å². The van der Waals surface area contributed by atoms with E-state index in [1.165, 1.54) is 5.56 Å². The van der Waals surface area contributed by atoms with Gasteiger partial charge in [-0.2, -0.15) is 0 Å². The van der Waals surface area contributed by atoms with Crippen molar-refractivity contribution in [3.05, 3.63) is 35.9 Å². The van der Waals surface area contributed by atoms with E-state index in [0.717, 1.165) is 6.42 Å². The fourth-order valence-corrected chi connectivity index (χ4v) is 1.91. The summed E-state index contributed by atoms with van der Waals surface area (Å²) >= 11 is 0. The minimum atomic E-state index is 0.0134. The van der Waals surface area contributed by atoms with Gasteiger partial charge >= 0.3 is 0 Å². The van der Waals surface area contributed by atoms with Crippen LogP contribution in [0.1, 0.15) is 31.7 Å². The highest BCUT2D eigenvalue weighted by Gasteiger charge is 2.43. The summed E-state index contributed by atoms with van der Waals surface area (Å²) < 4.78 is 0. The number of hydroxylamine groups is 1. The Kier molecular flexibility index (Phi) is 3.79. The van der Waals surface area contributed by atoms with Crippen LogP contribution in [0.15, 0.2) is 30.3 Å². The van der Waals surface area contributed by atoms with Crippen molar-refractivity contribution in [2.45, 2.75) is 26.2 Å². The first kappa shape index (κ1) is 12.1. The Morgan fingerprint density at radius 1 is 1.41 bits per heavy atom. The zero-order valence-electron chi connectivity index (χ0n) is 10.3. The lowest BCUT2D eigenvalue weighted by Gasteiger charge is -2.07. The predicted octanol–water partition coefficient (Wildman–Crippen LogP) is 2.49. The lowest BCUT2D eigenvalue weighted by atomic mass is 10.1. The maximum atomic E-state index is 11.7. The summed E-state index contributed by atoms with van der Waals surface area (Å²) in [5, 5.41) is 0. The van der Waals surface area contributed by atoms with Crippen LogP contribution in [0.5, 0.6) is 0 Å². The molecule has 0 radical (unpaired) electrons. The third-order valence-corrected chi connectivity index (χ3v) is 2.94. The molecule has 1 aliphatic rings. The normalized spacial score (nSPS) is 22.5. The Morgan fingerprint density at radius 3 is 2.76 bits per heavy atom. The van der Waals surface area contributed by atoms with E-state index in [9.17, 15) is 4.79 Å². The molecule has 0 spiro atoms. The van der Waals surface area contributed by atoms with Crippen molar-refractivity contribution < 1.29 is 9.63 Å². The van der Waals surface area contributed by atoms with Gasteiger partial charge in [0, 0.05) is 5.92 Å². The van der Waals surface area contributed by atoms with Gasteiger partial charge < -0.3 is 0 Å². The Bertz CT molecular complexity index is 375. The molecule has 1 aliphatic carbocycles. The zero-order valence-corrected chi connectivity index (χ0v) is 10.3. The molecule has 3 heteroatoms. The van der Waals surface area contributed by atoms with E-state index in [4.69, 9.17) is 4.84 Å². The molecule has 1 aromatic carbocycles. The van der Waals surface area contributed by atoms with Crippen molar-refractivity contribution in [1.29, 1.82) is 0 Å². The van der Waals surface area contributed by atoms with Gasteiger partial charge in [0.05, 0.1) is 6.61 Å². The SMILES string of the molecule is CC(C)CONC(=O)C1CC1c1ccccc1. The number of amides is 1. The number of carbonyl (C=O) groups excluding carboxylic acids is 1. The summed E-state index contributed by atoms with van der Waals surface area (Å²) in [6.45, 7) is 4.67. The summed E-state index contributed by atoms with van der Waals surface area (Å²) in [5.41, 5.74) is 3.78. The fourth-order valence-electron chi connectivity index (χ4n) is 1.91. The van der Waals surface area contributed by atoms with Gasteiger partial charge in [-0.15, -0.1) is 0 Å².